The predicted octanol–water partition coefficient (Wildman–Crippen LogP) is 0.417. The van der Waals surface area contributed by atoms with E-state index in [1.165, 1.54) is 12.1 Å². The molecule has 21 heavy (non-hydrogen) atoms. The Morgan fingerprint density at radius 3 is 2.38 bits per heavy atom. The van der Waals surface area contributed by atoms with E-state index in [0.29, 0.717) is 38.0 Å². The van der Waals surface area contributed by atoms with Crippen LogP contribution in [0.3, 0.4) is 0 Å². The van der Waals surface area contributed by atoms with Crippen LogP contribution in [-0.4, -0.2) is 46.8 Å². The minimum atomic E-state index is -1.09. The molecular formula is C15H21FN2O3. The van der Waals surface area contributed by atoms with E-state index in [0.717, 1.165) is 0 Å². The molecular weight excluding hydrogens is 275 g/mol. The second-order valence-electron chi connectivity index (χ2n) is 5.55. The Kier molecular flexibility index (Phi) is 5.27. The summed E-state index contributed by atoms with van der Waals surface area (Å²) >= 11 is 0. The van der Waals surface area contributed by atoms with Gasteiger partial charge in [0.25, 0.3) is 0 Å². The fourth-order valence-electron chi connectivity index (χ4n) is 2.72. The molecule has 1 saturated heterocycles. The molecule has 0 spiro atoms. The molecule has 1 fully saturated rings. The Hall–Kier alpha value is -1.50. The maximum absolute atomic E-state index is 12.8. The molecule has 0 saturated carbocycles. The second-order valence-corrected chi connectivity index (χ2v) is 5.55. The maximum atomic E-state index is 12.8. The molecule has 116 valence electrons. The van der Waals surface area contributed by atoms with E-state index in [1.54, 1.807) is 12.1 Å². The number of rotatable bonds is 5. The van der Waals surface area contributed by atoms with Gasteiger partial charge in [-0.1, -0.05) is 12.1 Å². The molecule has 0 radical (unpaired) electrons. The molecule has 1 heterocycles. The number of benzene rings is 1. The highest BCUT2D eigenvalue weighted by molar-refractivity contribution is 5.78. The molecule has 2 atom stereocenters. The van der Waals surface area contributed by atoms with Crippen LogP contribution in [0.1, 0.15) is 24.5 Å². The zero-order valence-electron chi connectivity index (χ0n) is 11.8. The minimum absolute atomic E-state index is 0.110. The van der Waals surface area contributed by atoms with Crippen molar-refractivity contribution >= 4 is 5.91 Å². The van der Waals surface area contributed by atoms with Gasteiger partial charge >= 0.3 is 0 Å². The minimum Gasteiger partial charge on any atom is -0.387 e. The number of β-amino-alcohol motifs (C(OH)–C–C–N with tert-alkyl or cyclic N) is 1. The molecule has 6 heteroatoms. The van der Waals surface area contributed by atoms with E-state index >= 15 is 0 Å². The summed E-state index contributed by atoms with van der Waals surface area (Å²) in [5.74, 6) is -1.12. The number of hydrogen-bond donors (Lipinski definition) is 3. The number of primary amides is 1. The number of likely N-dealkylation sites (tertiary alicyclic amines) is 1. The lowest BCUT2D eigenvalue weighted by Gasteiger charge is -2.34. The fourth-order valence-corrected chi connectivity index (χ4v) is 2.72. The number of piperidine rings is 1. The van der Waals surface area contributed by atoms with Crippen LogP contribution < -0.4 is 5.73 Å². The van der Waals surface area contributed by atoms with E-state index in [1.807, 2.05) is 0 Å². The number of hydrogen-bond acceptors (Lipinski definition) is 4. The SMILES string of the molecule is NC(=O)[C@H](O)C1CCN(C[C@@H](O)c2ccc(F)cc2)CC1. The first-order valence-corrected chi connectivity index (χ1v) is 7.10. The summed E-state index contributed by atoms with van der Waals surface area (Å²) in [6, 6.07) is 5.80. The number of amides is 1. The summed E-state index contributed by atoms with van der Waals surface area (Å²) in [6.45, 7) is 1.82. The molecule has 1 amide bonds. The van der Waals surface area contributed by atoms with Crippen LogP contribution in [0.2, 0.25) is 0 Å². The van der Waals surface area contributed by atoms with Crippen molar-refractivity contribution in [3.8, 4) is 0 Å². The smallest absolute Gasteiger partial charge is 0.246 e. The van der Waals surface area contributed by atoms with Gasteiger partial charge in [0, 0.05) is 6.54 Å². The van der Waals surface area contributed by atoms with Gasteiger partial charge in [-0.2, -0.15) is 0 Å². The quantitative estimate of drug-likeness (QED) is 0.735. The highest BCUT2D eigenvalue weighted by Gasteiger charge is 2.29. The van der Waals surface area contributed by atoms with E-state index in [-0.39, 0.29) is 11.7 Å². The number of nitrogens with zero attached hydrogens (tertiary/aromatic N) is 1. The van der Waals surface area contributed by atoms with Crippen molar-refractivity contribution in [2.45, 2.75) is 25.0 Å². The number of carbonyl (C=O) groups is 1. The van der Waals surface area contributed by atoms with Crippen molar-refractivity contribution in [1.82, 2.24) is 4.90 Å². The van der Waals surface area contributed by atoms with Crippen LogP contribution in [0.25, 0.3) is 0 Å². The zero-order chi connectivity index (χ0) is 15.4. The third-order valence-corrected chi connectivity index (χ3v) is 4.06. The number of carbonyl (C=O) groups excluding carboxylic acids is 1. The van der Waals surface area contributed by atoms with E-state index < -0.39 is 18.1 Å². The van der Waals surface area contributed by atoms with Gasteiger partial charge in [-0.3, -0.25) is 4.79 Å². The first-order chi connectivity index (χ1) is 9.97. The molecule has 0 aromatic heterocycles. The third kappa shape index (κ3) is 4.23. The Morgan fingerprint density at radius 2 is 1.86 bits per heavy atom. The lowest BCUT2D eigenvalue weighted by Crippen LogP contribution is -2.43. The molecule has 0 aliphatic carbocycles. The van der Waals surface area contributed by atoms with E-state index in [9.17, 15) is 19.4 Å². The molecule has 0 bridgehead atoms. The lowest BCUT2D eigenvalue weighted by molar-refractivity contribution is -0.129. The Labute approximate surface area is 123 Å². The maximum Gasteiger partial charge on any atom is 0.246 e. The first kappa shape index (κ1) is 15.9. The molecule has 1 aliphatic rings. The highest BCUT2D eigenvalue weighted by atomic mass is 19.1. The predicted molar refractivity (Wildman–Crippen MR) is 75.7 cm³/mol. The largest absolute Gasteiger partial charge is 0.387 e. The van der Waals surface area contributed by atoms with Crippen LogP contribution in [0.5, 0.6) is 0 Å². The van der Waals surface area contributed by atoms with Gasteiger partial charge in [-0.05, 0) is 49.5 Å². The lowest BCUT2D eigenvalue weighted by atomic mass is 9.90. The Morgan fingerprint density at radius 1 is 1.29 bits per heavy atom. The zero-order valence-corrected chi connectivity index (χ0v) is 11.8. The standard InChI is InChI=1S/C15H21FN2O3/c16-12-3-1-10(2-4-12)13(19)9-18-7-5-11(6-8-18)14(20)15(17)21/h1-4,11,13-14,19-20H,5-9H2,(H2,17,21)/t13-,14-/m1/s1. The number of aliphatic hydroxyl groups is 2. The first-order valence-electron chi connectivity index (χ1n) is 7.10. The summed E-state index contributed by atoms with van der Waals surface area (Å²) in [5, 5.41) is 19.8. The van der Waals surface area contributed by atoms with Crippen molar-refractivity contribution in [3.63, 3.8) is 0 Å². The van der Waals surface area contributed by atoms with Gasteiger partial charge in [0.15, 0.2) is 0 Å². The topological polar surface area (TPSA) is 86.8 Å². The molecule has 4 N–H and O–H groups in total. The van der Waals surface area contributed by atoms with Crippen molar-refractivity contribution in [1.29, 1.82) is 0 Å². The van der Waals surface area contributed by atoms with E-state index in [2.05, 4.69) is 4.90 Å². The highest BCUT2D eigenvalue weighted by Crippen LogP contribution is 2.23. The molecule has 2 rings (SSSR count). The monoisotopic (exact) mass is 296 g/mol. The third-order valence-electron chi connectivity index (χ3n) is 4.06. The summed E-state index contributed by atoms with van der Waals surface area (Å²) in [5.41, 5.74) is 5.77. The molecule has 0 unspecified atom stereocenters. The van der Waals surface area contributed by atoms with Gasteiger partial charge in [-0.25, -0.2) is 4.39 Å². The van der Waals surface area contributed by atoms with Gasteiger partial charge in [0.2, 0.25) is 5.91 Å². The van der Waals surface area contributed by atoms with E-state index in [4.69, 9.17) is 5.73 Å². The summed E-state index contributed by atoms with van der Waals surface area (Å²) in [6.07, 6.45) is -0.432. The van der Waals surface area contributed by atoms with Crippen LogP contribution in [0.15, 0.2) is 24.3 Å². The van der Waals surface area contributed by atoms with Crippen LogP contribution in [-0.2, 0) is 4.79 Å². The van der Waals surface area contributed by atoms with Gasteiger partial charge in [0.1, 0.15) is 11.9 Å². The van der Waals surface area contributed by atoms with Crippen molar-refractivity contribution in [2.75, 3.05) is 19.6 Å². The molecule has 1 aromatic carbocycles. The van der Waals surface area contributed by atoms with Crippen LogP contribution in [0.4, 0.5) is 4.39 Å². The van der Waals surface area contributed by atoms with Crippen molar-refractivity contribution in [3.05, 3.63) is 35.6 Å². The molecule has 5 nitrogen and oxygen atoms in total. The van der Waals surface area contributed by atoms with Crippen molar-refractivity contribution in [2.24, 2.45) is 11.7 Å². The fraction of sp³-hybridized carbons (Fsp3) is 0.533. The van der Waals surface area contributed by atoms with Gasteiger partial charge < -0.3 is 20.8 Å². The van der Waals surface area contributed by atoms with Crippen LogP contribution >= 0.6 is 0 Å². The average molecular weight is 296 g/mol. The number of nitrogens with two attached hydrogens (primary N) is 1. The Bertz CT molecular complexity index is 472. The normalized spacial score (nSPS) is 20.1. The summed E-state index contributed by atoms with van der Waals surface area (Å²) < 4.78 is 12.8. The molecule has 1 aliphatic heterocycles. The average Bonchev–Trinajstić information content (AvgIpc) is 2.47. The Balaban J connectivity index is 1.83. The van der Waals surface area contributed by atoms with Gasteiger partial charge in [-0.15, -0.1) is 0 Å². The molecule has 1 aromatic rings. The second kappa shape index (κ2) is 6.98. The van der Waals surface area contributed by atoms with Crippen molar-refractivity contribution < 1.29 is 19.4 Å². The van der Waals surface area contributed by atoms with Crippen LogP contribution in [0, 0.1) is 11.7 Å². The van der Waals surface area contributed by atoms with Gasteiger partial charge in [0.05, 0.1) is 6.10 Å². The number of aliphatic hydroxyl groups excluding tert-OH is 2. The number of halogens is 1. The summed E-state index contributed by atoms with van der Waals surface area (Å²) in [4.78, 5) is 13.0. The summed E-state index contributed by atoms with van der Waals surface area (Å²) in [7, 11) is 0.